The fourth-order valence-corrected chi connectivity index (χ4v) is 4.36. The molecule has 2 aromatic carbocycles. The van der Waals surface area contributed by atoms with Crippen LogP contribution >= 0.6 is 0 Å². The van der Waals surface area contributed by atoms with Gasteiger partial charge >= 0.3 is 6.09 Å². The van der Waals surface area contributed by atoms with Crippen LogP contribution in [0.1, 0.15) is 26.3 Å². The highest BCUT2D eigenvalue weighted by Gasteiger charge is 2.26. The third-order valence-electron chi connectivity index (χ3n) is 6.39. The predicted octanol–water partition coefficient (Wildman–Crippen LogP) is 4.78. The topological polar surface area (TPSA) is 114 Å². The Hall–Kier alpha value is -5.05. The number of rotatable bonds is 4. The van der Waals surface area contributed by atoms with Crippen molar-refractivity contribution in [1.82, 2.24) is 19.4 Å². The second kappa shape index (κ2) is 10.8. The molecule has 1 fully saturated rings. The number of pyridine rings is 1. The van der Waals surface area contributed by atoms with Gasteiger partial charge in [0, 0.05) is 26.2 Å². The molecular weight excluding hydrogens is 534 g/mol. The first kappa shape index (κ1) is 27.5. The number of anilines is 1. The summed E-state index contributed by atoms with van der Waals surface area (Å²) in [6.45, 7) is 7.62. The zero-order chi connectivity index (χ0) is 29.3. The molecule has 5 rings (SSSR count). The molecule has 0 bridgehead atoms. The largest absolute Gasteiger partial charge is 0.453 e. The van der Waals surface area contributed by atoms with Gasteiger partial charge in [-0.2, -0.15) is 5.26 Å². The number of carbonyl (C=O) groups excluding carboxylic acids is 1. The quantitative estimate of drug-likeness (QED) is 0.351. The molecular formula is C29H26F2N6O4. The van der Waals surface area contributed by atoms with Crippen molar-refractivity contribution in [2.45, 2.75) is 26.4 Å². The van der Waals surface area contributed by atoms with Gasteiger partial charge in [0.2, 0.25) is 0 Å². The molecule has 0 spiro atoms. The normalized spacial score (nSPS) is 13.7. The fraction of sp³-hybridized carbons (Fsp3) is 0.276. The number of aromatic nitrogens is 3. The Balaban J connectivity index is 1.35. The van der Waals surface area contributed by atoms with Crippen LogP contribution in [-0.4, -0.2) is 57.3 Å². The average Bonchev–Trinajstić information content (AvgIpc) is 2.95. The standard InChI is InChI=1S/C29H26F2N6O4/c1-29(2,3)41-28(39)36-12-10-35(11-13-36)25-9-4-18(16-33-25)37-17-34-24-8-5-19(14-20(24)27(37)38)40-26-21(15-32)22(30)6-7-23(26)31/h4-9,14,16-17H,10-13H2,1-3H3. The Bertz CT molecular complexity index is 1720. The van der Waals surface area contributed by atoms with Crippen LogP contribution in [-0.2, 0) is 4.74 Å². The van der Waals surface area contributed by atoms with Crippen LogP contribution in [0.3, 0.4) is 0 Å². The second-order valence-corrected chi connectivity index (χ2v) is 10.4. The highest BCUT2D eigenvalue weighted by Crippen LogP contribution is 2.31. The molecule has 2 aromatic heterocycles. The smallest absolute Gasteiger partial charge is 0.410 e. The Morgan fingerprint density at radius 3 is 2.39 bits per heavy atom. The van der Waals surface area contributed by atoms with Crippen LogP contribution in [0, 0.1) is 23.0 Å². The first-order valence-corrected chi connectivity index (χ1v) is 12.8. The first-order valence-electron chi connectivity index (χ1n) is 12.8. The number of fused-ring (bicyclic) bond motifs is 1. The van der Waals surface area contributed by atoms with E-state index >= 15 is 0 Å². The summed E-state index contributed by atoms with van der Waals surface area (Å²) >= 11 is 0. The van der Waals surface area contributed by atoms with Crippen LogP contribution < -0.4 is 15.2 Å². The lowest BCUT2D eigenvalue weighted by atomic mass is 10.2. The summed E-state index contributed by atoms with van der Waals surface area (Å²) < 4.78 is 40.5. The van der Waals surface area contributed by atoms with Gasteiger partial charge in [-0.25, -0.2) is 23.5 Å². The summed E-state index contributed by atoms with van der Waals surface area (Å²) in [5.74, 6) is -1.67. The SMILES string of the molecule is CC(C)(C)OC(=O)N1CCN(c2ccc(-n3cnc4ccc(Oc5c(F)ccc(F)c5C#N)cc4c3=O)cn2)CC1. The molecule has 1 aliphatic heterocycles. The monoisotopic (exact) mass is 560 g/mol. The minimum Gasteiger partial charge on any atom is -0.453 e. The summed E-state index contributed by atoms with van der Waals surface area (Å²) in [5, 5.41) is 9.39. The second-order valence-electron chi connectivity index (χ2n) is 10.4. The zero-order valence-corrected chi connectivity index (χ0v) is 22.6. The lowest BCUT2D eigenvalue weighted by Gasteiger charge is -2.36. The molecule has 0 atom stereocenters. The number of amides is 1. The fourth-order valence-electron chi connectivity index (χ4n) is 4.36. The predicted molar refractivity (Wildman–Crippen MR) is 146 cm³/mol. The van der Waals surface area contributed by atoms with Gasteiger partial charge in [0.15, 0.2) is 11.6 Å². The minimum absolute atomic E-state index is 0.0362. The molecule has 1 aliphatic rings. The van der Waals surface area contributed by atoms with E-state index < -0.39 is 34.1 Å². The van der Waals surface area contributed by atoms with Crippen molar-refractivity contribution in [3.8, 4) is 23.3 Å². The summed E-state index contributed by atoms with van der Waals surface area (Å²) in [6, 6.07) is 11.1. The zero-order valence-electron chi connectivity index (χ0n) is 22.6. The number of nitrogens with zero attached hydrogens (tertiary/aromatic N) is 6. The van der Waals surface area contributed by atoms with E-state index in [1.165, 1.54) is 29.1 Å². The van der Waals surface area contributed by atoms with Gasteiger partial charge in [-0.15, -0.1) is 0 Å². The number of benzene rings is 2. The summed E-state index contributed by atoms with van der Waals surface area (Å²) in [7, 11) is 0. The van der Waals surface area contributed by atoms with Crippen molar-refractivity contribution >= 4 is 22.8 Å². The van der Waals surface area contributed by atoms with Gasteiger partial charge in [0.05, 0.1) is 22.8 Å². The number of halogens is 2. The van der Waals surface area contributed by atoms with Crippen molar-refractivity contribution in [2.24, 2.45) is 0 Å². The summed E-state index contributed by atoms with van der Waals surface area (Å²) in [4.78, 5) is 38.2. The highest BCUT2D eigenvalue weighted by molar-refractivity contribution is 5.79. The minimum atomic E-state index is -0.922. The third-order valence-corrected chi connectivity index (χ3v) is 6.39. The Kier molecular flexibility index (Phi) is 7.28. The molecule has 4 aromatic rings. The Morgan fingerprint density at radius 1 is 1.00 bits per heavy atom. The van der Waals surface area contributed by atoms with Gasteiger partial charge in [0.1, 0.15) is 40.9 Å². The van der Waals surface area contributed by atoms with E-state index in [1.807, 2.05) is 25.7 Å². The lowest BCUT2D eigenvalue weighted by molar-refractivity contribution is 0.0240. The van der Waals surface area contributed by atoms with Crippen molar-refractivity contribution < 1.29 is 23.0 Å². The molecule has 12 heteroatoms. The van der Waals surface area contributed by atoms with Crippen LogP contribution in [0.15, 0.2) is 59.8 Å². The number of hydrogen-bond acceptors (Lipinski definition) is 8. The molecule has 0 radical (unpaired) electrons. The number of piperazine rings is 1. The summed E-state index contributed by atoms with van der Waals surface area (Å²) in [5.41, 5.74) is -0.732. The molecule has 10 nitrogen and oxygen atoms in total. The number of nitriles is 1. The third kappa shape index (κ3) is 5.79. The number of carbonyl (C=O) groups is 1. The van der Waals surface area contributed by atoms with Gasteiger partial charge in [0.25, 0.3) is 5.56 Å². The van der Waals surface area contributed by atoms with Gasteiger partial charge in [-0.3, -0.25) is 9.36 Å². The van der Waals surface area contributed by atoms with Crippen molar-refractivity contribution in [1.29, 1.82) is 5.26 Å². The van der Waals surface area contributed by atoms with Crippen LogP contribution in [0.5, 0.6) is 11.5 Å². The first-order chi connectivity index (χ1) is 19.5. The van der Waals surface area contributed by atoms with Gasteiger partial charge in [-0.05, 0) is 63.2 Å². The van der Waals surface area contributed by atoms with Crippen LogP contribution in [0.2, 0.25) is 0 Å². The van der Waals surface area contributed by atoms with Crippen molar-refractivity contribution in [3.05, 3.63) is 82.5 Å². The lowest BCUT2D eigenvalue weighted by Crippen LogP contribution is -2.50. The molecule has 210 valence electrons. The van der Waals surface area contributed by atoms with E-state index in [4.69, 9.17) is 9.47 Å². The molecule has 1 amide bonds. The van der Waals surface area contributed by atoms with Crippen molar-refractivity contribution in [3.63, 3.8) is 0 Å². The Morgan fingerprint density at radius 2 is 1.73 bits per heavy atom. The van der Waals surface area contributed by atoms with E-state index in [0.29, 0.717) is 43.2 Å². The van der Waals surface area contributed by atoms with Gasteiger partial charge in [-0.1, -0.05) is 0 Å². The molecule has 0 N–H and O–H groups in total. The van der Waals surface area contributed by atoms with Crippen LogP contribution in [0.4, 0.5) is 19.4 Å². The van der Waals surface area contributed by atoms with E-state index in [9.17, 15) is 23.6 Å². The van der Waals surface area contributed by atoms with Gasteiger partial charge < -0.3 is 19.3 Å². The Labute approximate surface area is 234 Å². The van der Waals surface area contributed by atoms with E-state index in [0.717, 1.165) is 12.1 Å². The molecule has 0 unspecified atom stereocenters. The highest BCUT2D eigenvalue weighted by atomic mass is 19.1. The number of ether oxygens (including phenoxy) is 2. The van der Waals surface area contributed by atoms with E-state index in [2.05, 4.69) is 9.97 Å². The van der Waals surface area contributed by atoms with Crippen molar-refractivity contribution in [2.75, 3.05) is 31.1 Å². The average molecular weight is 561 g/mol. The summed E-state index contributed by atoms with van der Waals surface area (Å²) in [6.07, 6.45) is 2.58. The molecule has 41 heavy (non-hydrogen) atoms. The maximum absolute atomic E-state index is 14.3. The molecule has 0 aliphatic carbocycles. The molecule has 3 heterocycles. The van der Waals surface area contributed by atoms with E-state index in [1.54, 1.807) is 29.3 Å². The molecule has 1 saturated heterocycles. The van der Waals surface area contributed by atoms with E-state index in [-0.39, 0.29) is 17.2 Å². The maximum atomic E-state index is 14.3. The van der Waals surface area contributed by atoms with Crippen LogP contribution in [0.25, 0.3) is 16.6 Å². The maximum Gasteiger partial charge on any atom is 0.410 e. The number of hydrogen-bond donors (Lipinski definition) is 0. The molecule has 0 saturated carbocycles.